The van der Waals surface area contributed by atoms with E-state index in [-0.39, 0.29) is 0 Å². The lowest BCUT2D eigenvalue weighted by Crippen LogP contribution is -2.32. The number of nitrogens with one attached hydrogen (secondary N) is 1. The van der Waals surface area contributed by atoms with E-state index in [4.69, 9.17) is 0 Å². The Kier molecular flexibility index (Phi) is 4.22. The van der Waals surface area contributed by atoms with Gasteiger partial charge in [0.15, 0.2) is 0 Å². The third-order valence-electron chi connectivity index (χ3n) is 1.46. The molecule has 0 saturated carbocycles. The number of hydrogen-bond donors (Lipinski definition) is 1. The molecule has 0 aromatic heterocycles. The number of sulfonamides is 1. The maximum Gasteiger partial charge on any atom is 0.208 e. The fourth-order valence-electron chi connectivity index (χ4n) is 0.899. The second kappa shape index (κ2) is 4.74. The van der Waals surface area contributed by atoms with Crippen molar-refractivity contribution >= 4 is 33.5 Å². The van der Waals surface area contributed by atoms with Crippen LogP contribution in [0.3, 0.4) is 0 Å². The summed E-state index contributed by atoms with van der Waals surface area (Å²) in [6.45, 7) is 0.580. The Bertz CT molecular complexity index is 221. The van der Waals surface area contributed by atoms with Gasteiger partial charge in [0.2, 0.25) is 10.0 Å². The van der Waals surface area contributed by atoms with Crippen molar-refractivity contribution in [3.63, 3.8) is 0 Å². The Balaban J connectivity index is 2.22. The number of rotatable bonds is 3. The molecule has 1 saturated heterocycles. The van der Waals surface area contributed by atoms with Gasteiger partial charge in [-0.2, -0.15) is 23.5 Å². The minimum absolute atomic E-state index is 0.457. The molecule has 0 aliphatic carbocycles. The first-order chi connectivity index (χ1) is 5.58. The summed E-state index contributed by atoms with van der Waals surface area (Å²) >= 11 is 3.75. The zero-order valence-corrected chi connectivity index (χ0v) is 9.40. The molecule has 0 aromatic carbocycles. The van der Waals surface area contributed by atoms with Gasteiger partial charge in [-0.05, 0) is 0 Å². The van der Waals surface area contributed by atoms with E-state index in [9.17, 15) is 8.42 Å². The molecule has 1 aliphatic heterocycles. The lowest BCUT2D eigenvalue weighted by molar-refractivity contribution is 0.588. The Hall–Kier alpha value is 0.610. The van der Waals surface area contributed by atoms with E-state index in [2.05, 4.69) is 4.72 Å². The van der Waals surface area contributed by atoms with E-state index >= 15 is 0 Å². The van der Waals surface area contributed by atoms with Gasteiger partial charge in [0.1, 0.15) is 0 Å². The van der Waals surface area contributed by atoms with Crippen LogP contribution in [0.25, 0.3) is 0 Å². The highest BCUT2D eigenvalue weighted by molar-refractivity contribution is 8.06. The minimum Gasteiger partial charge on any atom is -0.214 e. The van der Waals surface area contributed by atoms with Gasteiger partial charge in [0.25, 0.3) is 0 Å². The third kappa shape index (κ3) is 4.59. The fraction of sp³-hybridized carbons (Fsp3) is 1.00. The predicted octanol–water partition coefficient (Wildman–Crippen LogP) is 0.384. The molecule has 1 heterocycles. The SMILES string of the molecule is CS(=O)(=O)NCC1CSCCS1. The van der Waals surface area contributed by atoms with E-state index in [1.54, 1.807) is 0 Å². The molecule has 1 N–H and O–H groups in total. The predicted molar refractivity (Wildman–Crippen MR) is 56.4 cm³/mol. The van der Waals surface area contributed by atoms with Crippen LogP contribution in [-0.2, 0) is 10.0 Å². The van der Waals surface area contributed by atoms with Gasteiger partial charge in [0.05, 0.1) is 6.26 Å². The maximum atomic E-state index is 10.7. The first-order valence-corrected chi connectivity index (χ1v) is 7.81. The lowest BCUT2D eigenvalue weighted by Gasteiger charge is -2.20. The van der Waals surface area contributed by atoms with Gasteiger partial charge in [-0.1, -0.05) is 0 Å². The molecular weight excluding hydrogens is 214 g/mol. The van der Waals surface area contributed by atoms with Crippen molar-refractivity contribution < 1.29 is 8.42 Å². The van der Waals surface area contributed by atoms with Crippen LogP contribution >= 0.6 is 23.5 Å². The highest BCUT2D eigenvalue weighted by Crippen LogP contribution is 2.23. The zero-order valence-electron chi connectivity index (χ0n) is 6.95. The second-order valence-corrected chi connectivity index (χ2v) is 7.08. The second-order valence-electron chi connectivity index (χ2n) is 2.69. The summed E-state index contributed by atoms with van der Waals surface area (Å²) in [5.74, 6) is 3.40. The average Bonchev–Trinajstić information content (AvgIpc) is 2.02. The quantitative estimate of drug-likeness (QED) is 0.757. The zero-order chi connectivity index (χ0) is 9.03. The normalized spacial score (nSPS) is 25.6. The average molecular weight is 227 g/mol. The summed E-state index contributed by atoms with van der Waals surface area (Å²) in [6.07, 6.45) is 1.20. The van der Waals surface area contributed by atoms with E-state index < -0.39 is 10.0 Å². The summed E-state index contributed by atoms with van der Waals surface area (Å²) in [5, 5.41) is 0.457. The Morgan fingerprint density at radius 2 is 2.25 bits per heavy atom. The Labute approximate surface area is 82.1 Å². The van der Waals surface area contributed by atoms with Crippen LogP contribution in [0, 0.1) is 0 Å². The van der Waals surface area contributed by atoms with Crippen LogP contribution in [0.5, 0.6) is 0 Å². The van der Waals surface area contributed by atoms with Gasteiger partial charge in [-0.25, -0.2) is 13.1 Å². The van der Waals surface area contributed by atoms with E-state index in [1.807, 2.05) is 23.5 Å². The summed E-state index contributed by atoms with van der Waals surface area (Å²) in [5.41, 5.74) is 0. The largest absolute Gasteiger partial charge is 0.214 e. The van der Waals surface area contributed by atoms with Crippen molar-refractivity contribution in [3.8, 4) is 0 Å². The van der Waals surface area contributed by atoms with Crippen molar-refractivity contribution in [2.45, 2.75) is 5.25 Å². The topological polar surface area (TPSA) is 46.2 Å². The summed E-state index contributed by atoms with van der Waals surface area (Å²) < 4.78 is 24.0. The van der Waals surface area contributed by atoms with Gasteiger partial charge in [0, 0.05) is 29.1 Å². The Morgan fingerprint density at radius 1 is 1.50 bits per heavy atom. The van der Waals surface area contributed by atoms with Crippen LogP contribution in [0.2, 0.25) is 0 Å². The van der Waals surface area contributed by atoms with Crippen molar-refractivity contribution in [2.24, 2.45) is 0 Å². The molecular formula is C6H13NO2S3. The minimum atomic E-state index is -3.00. The number of hydrogen-bond acceptors (Lipinski definition) is 4. The van der Waals surface area contributed by atoms with Crippen molar-refractivity contribution in [1.29, 1.82) is 0 Å². The molecule has 1 aliphatic rings. The summed E-state index contributed by atoms with van der Waals surface area (Å²) in [4.78, 5) is 0. The fourth-order valence-corrected chi connectivity index (χ4v) is 4.12. The van der Waals surface area contributed by atoms with E-state index in [0.29, 0.717) is 11.8 Å². The van der Waals surface area contributed by atoms with Crippen LogP contribution in [0.4, 0.5) is 0 Å². The van der Waals surface area contributed by atoms with Crippen LogP contribution in [0.1, 0.15) is 0 Å². The monoisotopic (exact) mass is 227 g/mol. The van der Waals surface area contributed by atoms with E-state index in [1.165, 1.54) is 12.0 Å². The smallest absolute Gasteiger partial charge is 0.208 e. The molecule has 3 nitrogen and oxygen atoms in total. The molecule has 12 heavy (non-hydrogen) atoms. The molecule has 0 spiro atoms. The Morgan fingerprint density at radius 3 is 2.75 bits per heavy atom. The summed E-state index contributed by atoms with van der Waals surface area (Å²) in [7, 11) is -3.00. The van der Waals surface area contributed by atoms with Gasteiger partial charge in [-0.15, -0.1) is 0 Å². The maximum absolute atomic E-state index is 10.7. The highest BCUT2D eigenvalue weighted by Gasteiger charge is 2.15. The van der Waals surface area contributed by atoms with Crippen LogP contribution in [0.15, 0.2) is 0 Å². The number of thioether (sulfide) groups is 2. The molecule has 0 bridgehead atoms. The third-order valence-corrected chi connectivity index (χ3v) is 4.99. The van der Waals surface area contributed by atoms with Crippen molar-refractivity contribution in [3.05, 3.63) is 0 Å². The molecule has 1 rings (SSSR count). The van der Waals surface area contributed by atoms with E-state index in [0.717, 1.165) is 11.5 Å². The van der Waals surface area contributed by atoms with Gasteiger partial charge < -0.3 is 0 Å². The molecule has 6 heteroatoms. The molecule has 1 unspecified atom stereocenters. The molecule has 72 valence electrons. The summed E-state index contributed by atoms with van der Waals surface area (Å²) in [6, 6.07) is 0. The van der Waals surface area contributed by atoms with Crippen molar-refractivity contribution in [1.82, 2.24) is 4.72 Å². The molecule has 0 radical (unpaired) electrons. The first kappa shape index (κ1) is 10.7. The molecule has 0 amide bonds. The van der Waals surface area contributed by atoms with Crippen molar-refractivity contribution in [2.75, 3.05) is 30.1 Å². The van der Waals surface area contributed by atoms with Crippen LogP contribution in [-0.4, -0.2) is 43.7 Å². The van der Waals surface area contributed by atoms with Gasteiger partial charge >= 0.3 is 0 Å². The highest BCUT2D eigenvalue weighted by atomic mass is 32.2. The lowest BCUT2D eigenvalue weighted by atomic mass is 10.5. The van der Waals surface area contributed by atoms with Gasteiger partial charge in [-0.3, -0.25) is 0 Å². The van der Waals surface area contributed by atoms with Crippen LogP contribution < -0.4 is 4.72 Å². The standard InChI is InChI=1S/C6H13NO2S3/c1-12(8,9)7-4-6-5-10-2-3-11-6/h6-7H,2-5H2,1H3. The molecule has 0 aromatic rings. The molecule has 1 atom stereocenters. The molecule has 1 fully saturated rings. The first-order valence-electron chi connectivity index (χ1n) is 3.72.